The Morgan fingerprint density at radius 1 is 1.23 bits per heavy atom. The van der Waals surface area contributed by atoms with E-state index in [9.17, 15) is 0 Å². The standard InChI is InChI=1S/C11H14N2/c1-7-8(2)13(3)10-6-4-5-9(12)11(7)10/h4-6H,12H2,1-3H3. The summed E-state index contributed by atoms with van der Waals surface area (Å²) < 4.78 is 2.18. The van der Waals surface area contributed by atoms with Crippen LogP contribution in [-0.2, 0) is 7.05 Å². The minimum Gasteiger partial charge on any atom is -0.398 e. The van der Waals surface area contributed by atoms with Crippen molar-refractivity contribution in [3.8, 4) is 0 Å². The number of nitrogens with two attached hydrogens (primary N) is 1. The molecule has 0 fully saturated rings. The van der Waals surface area contributed by atoms with Crippen LogP contribution >= 0.6 is 0 Å². The van der Waals surface area contributed by atoms with E-state index in [1.807, 2.05) is 12.1 Å². The molecule has 0 bridgehead atoms. The highest BCUT2D eigenvalue weighted by Crippen LogP contribution is 2.28. The molecule has 0 atom stereocenters. The fraction of sp³-hybridized carbons (Fsp3) is 0.273. The number of hydrogen-bond acceptors (Lipinski definition) is 1. The number of nitrogen functional groups attached to an aromatic ring is 1. The third-order valence-electron chi connectivity index (χ3n) is 2.86. The summed E-state index contributed by atoms with van der Waals surface area (Å²) in [4.78, 5) is 0. The number of aryl methyl sites for hydroxylation is 2. The van der Waals surface area contributed by atoms with Gasteiger partial charge in [-0.2, -0.15) is 0 Å². The van der Waals surface area contributed by atoms with Crippen LogP contribution in [0.4, 0.5) is 5.69 Å². The van der Waals surface area contributed by atoms with Gasteiger partial charge in [-0.25, -0.2) is 0 Å². The molecule has 2 N–H and O–H groups in total. The maximum atomic E-state index is 5.93. The van der Waals surface area contributed by atoms with E-state index in [-0.39, 0.29) is 0 Å². The average molecular weight is 174 g/mol. The summed E-state index contributed by atoms with van der Waals surface area (Å²) in [6.07, 6.45) is 0. The molecule has 68 valence electrons. The van der Waals surface area contributed by atoms with E-state index in [1.54, 1.807) is 0 Å². The van der Waals surface area contributed by atoms with E-state index in [4.69, 9.17) is 5.73 Å². The van der Waals surface area contributed by atoms with E-state index in [0.717, 1.165) is 5.69 Å². The molecule has 0 aliphatic heterocycles. The van der Waals surface area contributed by atoms with Gasteiger partial charge in [-0.15, -0.1) is 0 Å². The van der Waals surface area contributed by atoms with Gasteiger partial charge in [0.05, 0.1) is 5.52 Å². The van der Waals surface area contributed by atoms with Gasteiger partial charge in [-0.1, -0.05) is 6.07 Å². The zero-order valence-corrected chi connectivity index (χ0v) is 8.26. The molecule has 0 radical (unpaired) electrons. The van der Waals surface area contributed by atoms with Gasteiger partial charge in [0.1, 0.15) is 0 Å². The molecule has 0 unspecified atom stereocenters. The Morgan fingerprint density at radius 3 is 2.54 bits per heavy atom. The molecule has 0 spiro atoms. The van der Waals surface area contributed by atoms with E-state index >= 15 is 0 Å². The van der Waals surface area contributed by atoms with Crippen molar-refractivity contribution in [2.45, 2.75) is 13.8 Å². The highest BCUT2D eigenvalue weighted by molar-refractivity contribution is 5.95. The minimum atomic E-state index is 0.874. The second-order valence-corrected chi connectivity index (χ2v) is 3.51. The number of fused-ring (bicyclic) bond motifs is 1. The third kappa shape index (κ3) is 0.949. The molecule has 1 aromatic carbocycles. The lowest BCUT2D eigenvalue weighted by Crippen LogP contribution is -1.90. The number of aromatic nitrogens is 1. The highest BCUT2D eigenvalue weighted by Gasteiger charge is 2.09. The largest absolute Gasteiger partial charge is 0.398 e. The van der Waals surface area contributed by atoms with Gasteiger partial charge in [0, 0.05) is 23.8 Å². The highest BCUT2D eigenvalue weighted by atomic mass is 14.9. The van der Waals surface area contributed by atoms with E-state index in [1.165, 1.54) is 22.2 Å². The van der Waals surface area contributed by atoms with Crippen LogP contribution in [0.25, 0.3) is 10.9 Å². The van der Waals surface area contributed by atoms with Crippen molar-refractivity contribution < 1.29 is 0 Å². The normalized spacial score (nSPS) is 11.0. The third-order valence-corrected chi connectivity index (χ3v) is 2.86. The van der Waals surface area contributed by atoms with Crippen molar-refractivity contribution in [2.24, 2.45) is 7.05 Å². The Labute approximate surface area is 78.0 Å². The predicted octanol–water partition coefficient (Wildman–Crippen LogP) is 2.38. The fourth-order valence-corrected chi connectivity index (χ4v) is 1.86. The number of rotatable bonds is 0. The lowest BCUT2D eigenvalue weighted by atomic mass is 10.1. The van der Waals surface area contributed by atoms with Crippen molar-refractivity contribution in [3.63, 3.8) is 0 Å². The van der Waals surface area contributed by atoms with E-state index < -0.39 is 0 Å². The summed E-state index contributed by atoms with van der Waals surface area (Å²) in [5.41, 5.74) is 10.6. The van der Waals surface area contributed by atoms with E-state index in [2.05, 4.69) is 31.5 Å². The second kappa shape index (κ2) is 2.52. The molecule has 2 aromatic rings. The first kappa shape index (κ1) is 8.17. The molecule has 1 heterocycles. The molecular formula is C11H14N2. The zero-order chi connectivity index (χ0) is 9.59. The van der Waals surface area contributed by atoms with Gasteiger partial charge in [-0.3, -0.25) is 0 Å². The average Bonchev–Trinajstić information content (AvgIpc) is 2.33. The van der Waals surface area contributed by atoms with Gasteiger partial charge >= 0.3 is 0 Å². The zero-order valence-electron chi connectivity index (χ0n) is 8.26. The first-order valence-corrected chi connectivity index (χ1v) is 4.43. The van der Waals surface area contributed by atoms with Crippen LogP contribution in [0.3, 0.4) is 0 Å². The maximum Gasteiger partial charge on any atom is 0.0503 e. The van der Waals surface area contributed by atoms with Crippen LogP contribution < -0.4 is 5.73 Å². The van der Waals surface area contributed by atoms with Crippen LogP contribution in [0.5, 0.6) is 0 Å². The van der Waals surface area contributed by atoms with Crippen LogP contribution in [0, 0.1) is 13.8 Å². The summed E-state index contributed by atoms with van der Waals surface area (Å²) in [6, 6.07) is 6.05. The minimum absolute atomic E-state index is 0.874. The van der Waals surface area contributed by atoms with Crippen LogP contribution in [-0.4, -0.2) is 4.57 Å². The number of benzene rings is 1. The van der Waals surface area contributed by atoms with Gasteiger partial charge in [0.25, 0.3) is 0 Å². The summed E-state index contributed by atoms with van der Waals surface area (Å²) in [5.74, 6) is 0. The molecule has 2 rings (SSSR count). The van der Waals surface area contributed by atoms with Gasteiger partial charge in [0.2, 0.25) is 0 Å². The molecule has 13 heavy (non-hydrogen) atoms. The molecule has 2 nitrogen and oxygen atoms in total. The van der Waals surface area contributed by atoms with Crippen molar-refractivity contribution in [2.75, 3.05) is 5.73 Å². The van der Waals surface area contributed by atoms with Gasteiger partial charge in [0.15, 0.2) is 0 Å². The lowest BCUT2D eigenvalue weighted by molar-refractivity contribution is 0.910. The SMILES string of the molecule is Cc1c(C)n(C)c2cccc(N)c12. The first-order valence-electron chi connectivity index (χ1n) is 4.43. The lowest BCUT2D eigenvalue weighted by Gasteiger charge is -1.98. The molecule has 2 heteroatoms. The van der Waals surface area contributed by atoms with Gasteiger partial charge < -0.3 is 10.3 Å². The fourth-order valence-electron chi connectivity index (χ4n) is 1.86. The molecule has 0 saturated heterocycles. The molecule has 0 saturated carbocycles. The Bertz CT molecular complexity index is 466. The van der Waals surface area contributed by atoms with Crippen LogP contribution in [0.15, 0.2) is 18.2 Å². The molecule has 0 amide bonds. The first-order chi connectivity index (χ1) is 6.13. The summed E-state index contributed by atoms with van der Waals surface area (Å²) in [7, 11) is 2.07. The maximum absolute atomic E-state index is 5.93. The quantitative estimate of drug-likeness (QED) is 0.611. The number of anilines is 1. The van der Waals surface area contributed by atoms with E-state index in [0.29, 0.717) is 0 Å². The number of nitrogens with zero attached hydrogens (tertiary/aromatic N) is 1. The Balaban J connectivity index is 3.03. The smallest absolute Gasteiger partial charge is 0.0503 e. The second-order valence-electron chi connectivity index (χ2n) is 3.51. The topological polar surface area (TPSA) is 30.9 Å². The molecule has 1 aromatic heterocycles. The van der Waals surface area contributed by atoms with Crippen molar-refractivity contribution >= 4 is 16.6 Å². The predicted molar refractivity (Wildman–Crippen MR) is 56.8 cm³/mol. The summed E-state index contributed by atoms with van der Waals surface area (Å²) in [6.45, 7) is 4.24. The molecule has 0 aliphatic rings. The summed E-state index contributed by atoms with van der Waals surface area (Å²) >= 11 is 0. The monoisotopic (exact) mass is 174 g/mol. The van der Waals surface area contributed by atoms with Gasteiger partial charge in [-0.05, 0) is 31.5 Å². The van der Waals surface area contributed by atoms with Crippen LogP contribution in [0.1, 0.15) is 11.3 Å². The molecular weight excluding hydrogens is 160 g/mol. The summed E-state index contributed by atoms with van der Waals surface area (Å²) in [5, 5.41) is 1.20. The van der Waals surface area contributed by atoms with Crippen molar-refractivity contribution in [1.82, 2.24) is 4.57 Å². The number of hydrogen-bond donors (Lipinski definition) is 1. The van der Waals surface area contributed by atoms with Crippen molar-refractivity contribution in [1.29, 1.82) is 0 Å². The Kier molecular flexibility index (Phi) is 1.59. The van der Waals surface area contributed by atoms with Crippen molar-refractivity contribution in [3.05, 3.63) is 29.5 Å². The Hall–Kier alpha value is -1.44. The molecule has 0 aliphatic carbocycles. The Morgan fingerprint density at radius 2 is 1.92 bits per heavy atom. The van der Waals surface area contributed by atoms with Crippen LogP contribution in [0.2, 0.25) is 0 Å².